The maximum Gasteiger partial charge on any atom is 0.254 e. The number of rotatable bonds is 3. The molecule has 1 amide bonds. The third-order valence-corrected chi connectivity index (χ3v) is 6.72. The number of carbonyl (C=O) groups excluding carboxylic acids is 1. The number of halogens is 1. The molecule has 1 fully saturated rings. The largest absolute Gasteiger partial charge is 0.336 e. The second-order valence-corrected chi connectivity index (χ2v) is 8.82. The molecule has 0 N–H and O–H groups in total. The van der Waals surface area contributed by atoms with Crippen LogP contribution in [-0.4, -0.2) is 49.7 Å². The fraction of sp³-hybridized carbons (Fsp3) is 0.278. The fourth-order valence-corrected chi connectivity index (χ4v) is 4.91. The smallest absolute Gasteiger partial charge is 0.254 e. The second-order valence-electron chi connectivity index (χ2n) is 5.97. The van der Waals surface area contributed by atoms with E-state index in [4.69, 9.17) is 0 Å². The van der Waals surface area contributed by atoms with Gasteiger partial charge >= 0.3 is 0 Å². The third-order valence-electron chi connectivity index (χ3n) is 4.34. The van der Waals surface area contributed by atoms with Gasteiger partial charge in [0, 0.05) is 36.2 Å². The normalized spacial score (nSPS) is 16.0. The zero-order valence-electron chi connectivity index (χ0n) is 13.9. The van der Waals surface area contributed by atoms with Gasteiger partial charge in [-0.1, -0.05) is 40.2 Å². The summed E-state index contributed by atoms with van der Waals surface area (Å²) in [7, 11) is -3.54. The van der Waals surface area contributed by atoms with Crippen LogP contribution in [-0.2, 0) is 10.0 Å². The van der Waals surface area contributed by atoms with Gasteiger partial charge in [0.05, 0.1) is 4.90 Å². The monoisotopic (exact) mass is 422 g/mol. The Bertz CT molecular complexity index is 891. The van der Waals surface area contributed by atoms with Gasteiger partial charge in [0.2, 0.25) is 10.0 Å². The van der Waals surface area contributed by atoms with Crippen molar-refractivity contribution in [3.8, 4) is 0 Å². The van der Waals surface area contributed by atoms with Gasteiger partial charge in [-0.05, 0) is 36.8 Å². The van der Waals surface area contributed by atoms with E-state index >= 15 is 0 Å². The molecule has 2 aromatic rings. The summed E-state index contributed by atoms with van der Waals surface area (Å²) in [5.74, 6) is -0.0439. The molecule has 0 aliphatic carbocycles. The minimum atomic E-state index is -3.54. The summed E-state index contributed by atoms with van der Waals surface area (Å²) < 4.78 is 27.6. The van der Waals surface area contributed by atoms with Crippen molar-refractivity contribution >= 4 is 31.9 Å². The highest BCUT2D eigenvalue weighted by molar-refractivity contribution is 9.10. The number of carbonyl (C=O) groups is 1. The van der Waals surface area contributed by atoms with Gasteiger partial charge in [-0.15, -0.1) is 0 Å². The molecule has 0 bridgehead atoms. The summed E-state index contributed by atoms with van der Waals surface area (Å²) in [6, 6.07) is 14.1. The minimum Gasteiger partial charge on any atom is -0.336 e. The van der Waals surface area contributed by atoms with Crippen molar-refractivity contribution in [2.75, 3.05) is 26.2 Å². The molecule has 0 spiro atoms. The fourth-order valence-electron chi connectivity index (χ4n) is 2.89. The zero-order valence-corrected chi connectivity index (χ0v) is 16.3. The van der Waals surface area contributed by atoms with Crippen LogP contribution in [0.1, 0.15) is 15.9 Å². The maximum absolute atomic E-state index is 12.7. The molecule has 0 saturated carbocycles. The number of sulfonamides is 1. The molecule has 1 aliphatic rings. The summed E-state index contributed by atoms with van der Waals surface area (Å²) in [6.07, 6.45) is 0. The lowest BCUT2D eigenvalue weighted by Gasteiger charge is -2.34. The van der Waals surface area contributed by atoms with E-state index in [1.54, 1.807) is 29.2 Å². The van der Waals surface area contributed by atoms with Crippen LogP contribution < -0.4 is 0 Å². The lowest BCUT2D eigenvalue weighted by molar-refractivity contribution is 0.0697. The SMILES string of the molecule is Cc1ccccc1C(=O)N1CCN(S(=O)(=O)c2cccc(Br)c2)CC1. The number of hydrogen-bond donors (Lipinski definition) is 0. The quantitative estimate of drug-likeness (QED) is 0.763. The van der Waals surface area contributed by atoms with E-state index in [1.165, 1.54) is 4.31 Å². The van der Waals surface area contributed by atoms with Gasteiger partial charge in [0.25, 0.3) is 5.91 Å². The molecule has 0 atom stereocenters. The first-order chi connectivity index (χ1) is 11.9. The summed E-state index contributed by atoms with van der Waals surface area (Å²) >= 11 is 3.30. The second kappa shape index (κ2) is 7.27. The molecular formula is C18H19BrN2O3S. The van der Waals surface area contributed by atoms with Crippen molar-refractivity contribution in [3.05, 3.63) is 64.1 Å². The lowest BCUT2D eigenvalue weighted by atomic mass is 10.1. The number of nitrogens with zero attached hydrogens (tertiary/aromatic N) is 2. The average Bonchev–Trinajstić information content (AvgIpc) is 2.62. The Hall–Kier alpha value is -1.70. The summed E-state index contributed by atoms with van der Waals surface area (Å²) in [6.45, 7) is 3.28. The van der Waals surface area contributed by atoms with E-state index in [0.717, 1.165) is 10.0 Å². The number of aryl methyl sites for hydroxylation is 1. The van der Waals surface area contributed by atoms with Crippen molar-refractivity contribution in [1.82, 2.24) is 9.21 Å². The molecule has 0 radical (unpaired) electrons. The van der Waals surface area contributed by atoms with Gasteiger partial charge in [0.15, 0.2) is 0 Å². The van der Waals surface area contributed by atoms with Crippen LogP contribution in [0.15, 0.2) is 57.9 Å². The molecule has 1 heterocycles. The predicted octanol–water partition coefficient (Wildman–Crippen LogP) is 2.90. The molecule has 0 unspecified atom stereocenters. The van der Waals surface area contributed by atoms with Crippen LogP contribution in [0.25, 0.3) is 0 Å². The van der Waals surface area contributed by atoms with Crippen molar-refractivity contribution in [2.24, 2.45) is 0 Å². The molecule has 3 rings (SSSR count). The van der Waals surface area contributed by atoms with Gasteiger partial charge in [-0.2, -0.15) is 4.31 Å². The summed E-state index contributed by atoms with van der Waals surface area (Å²) in [4.78, 5) is 14.6. The first kappa shape index (κ1) is 18.1. The van der Waals surface area contributed by atoms with Crippen LogP contribution >= 0.6 is 15.9 Å². The van der Waals surface area contributed by atoms with Gasteiger partial charge < -0.3 is 4.90 Å². The Morgan fingerprint density at radius 3 is 2.32 bits per heavy atom. The minimum absolute atomic E-state index is 0.0439. The number of hydrogen-bond acceptors (Lipinski definition) is 3. The number of amides is 1. The first-order valence-electron chi connectivity index (χ1n) is 8.00. The molecule has 5 nitrogen and oxygen atoms in total. The standard InChI is InChI=1S/C18H19BrN2O3S/c1-14-5-2-3-8-17(14)18(22)20-9-11-21(12-10-20)25(23,24)16-7-4-6-15(19)13-16/h2-8,13H,9-12H2,1H3. The molecule has 132 valence electrons. The van der Waals surface area contributed by atoms with Crippen LogP contribution in [0.3, 0.4) is 0 Å². The Kier molecular flexibility index (Phi) is 5.27. The molecule has 1 aliphatic heterocycles. The van der Waals surface area contributed by atoms with Crippen LogP contribution in [0, 0.1) is 6.92 Å². The first-order valence-corrected chi connectivity index (χ1v) is 10.2. The Labute approximate surface area is 156 Å². The molecule has 2 aromatic carbocycles. The van der Waals surface area contributed by atoms with Crippen LogP contribution in [0.2, 0.25) is 0 Å². The molecule has 7 heteroatoms. The highest BCUT2D eigenvalue weighted by Crippen LogP contribution is 2.22. The van der Waals surface area contributed by atoms with Crippen LogP contribution in [0.4, 0.5) is 0 Å². The Morgan fingerprint density at radius 1 is 1.00 bits per heavy atom. The van der Waals surface area contributed by atoms with Gasteiger partial charge in [-0.25, -0.2) is 8.42 Å². The van der Waals surface area contributed by atoms with E-state index in [9.17, 15) is 13.2 Å². The molecule has 1 saturated heterocycles. The molecule has 0 aromatic heterocycles. The average molecular weight is 423 g/mol. The van der Waals surface area contributed by atoms with Gasteiger partial charge in [-0.3, -0.25) is 4.79 Å². The van der Waals surface area contributed by atoms with E-state index in [1.807, 2.05) is 31.2 Å². The van der Waals surface area contributed by atoms with Crippen molar-refractivity contribution in [1.29, 1.82) is 0 Å². The number of benzene rings is 2. The van der Waals surface area contributed by atoms with Crippen molar-refractivity contribution in [3.63, 3.8) is 0 Å². The van der Waals surface area contributed by atoms with E-state index in [0.29, 0.717) is 31.7 Å². The van der Waals surface area contributed by atoms with Gasteiger partial charge in [0.1, 0.15) is 0 Å². The third kappa shape index (κ3) is 3.78. The maximum atomic E-state index is 12.7. The Balaban J connectivity index is 1.72. The number of piperazine rings is 1. The van der Waals surface area contributed by atoms with Crippen molar-refractivity contribution < 1.29 is 13.2 Å². The zero-order chi connectivity index (χ0) is 18.0. The van der Waals surface area contributed by atoms with E-state index < -0.39 is 10.0 Å². The van der Waals surface area contributed by atoms with E-state index in [2.05, 4.69) is 15.9 Å². The molecular weight excluding hydrogens is 404 g/mol. The highest BCUT2D eigenvalue weighted by atomic mass is 79.9. The van der Waals surface area contributed by atoms with Crippen LogP contribution in [0.5, 0.6) is 0 Å². The van der Waals surface area contributed by atoms with Crippen molar-refractivity contribution in [2.45, 2.75) is 11.8 Å². The lowest BCUT2D eigenvalue weighted by Crippen LogP contribution is -2.50. The molecule has 25 heavy (non-hydrogen) atoms. The summed E-state index contributed by atoms with van der Waals surface area (Å²) in [5.41, 5.74) is 1.60. The topological polar surface area (TPSA) is 57.7 Å². The highest BCUT2D eigenvalue weighted by Gasteiger charge is 2.30. The predicted molar refractivity (Wildman–Crippen MR) is 100.0 cm³/mol. The Morgan fingerprint density at radius 2 is 1.68 bits per heavy atom. The van der Waals surface area contributed by atoms with E-state index in [-0.39, 0.29) is 10.8 Å². The summed E-state index contributed by atoms with van der Waals surface area (Å²) in [5, 5.41) is 0.